The van der Waals surface area contributed by atoms with Crippen LogP contribution in [-0.4, -0.2) is 26.7 Å². The van der Waals surface area contributed by atoms with E-state index in [0.29, 0.717) is 19.0 Å². The van der Waals surface area contributed by atoms with Crippen molar-refractivity contribution in [2.75, 3.05) is 0 Å². The van der Waals surface area contributed by atoms with Crippen LogP contribution in [0.25, 0.3) is 0 Å². The number of carbonyl (C=O) groups is 1. The van der Waals surface area contributed by atoms with E-state index in [-0.39, 0.29) is 0 Å². The highest BCUT2D eigenvalue weighted by Gasteiger charge is 2.23. The van der Waals surface area contributed by atoms with Gasteiger partial charge in [-0.3, -0.25) is 0 Å². The van der Waals surface area contributed by atoms with Gasteiger partial charge < -0.3 is 15.0 Å². The smallest absolute Gasteiger partial charge is 0.326 e. The molecule has 0 radical (unpaired) electrons. The predicted molar refractivity (Wildman–Crippen MR) is 63.7 cm³/mol. The Hall–Kier alpha value is -1.36. The number of aromatic nitrogens is 2. The second kappa shape index (κ2) is 5.31. The van der Waals surface area contributed by atoms with Gasteiger partial charge in [-0.05, 0) is 19.3 Å². The molecule has 5 heteroatoms. The molecule has 0 saturated heterocycles. The highest BCUT2D eigenvalue weighted by atomic mass is 16.4. The fourth-order valence-electron chi connectivity index (χ4n) is 1.94. The third-order valence-electron chi connectivity index (χ3n) is 3.06. The summed E-state index contributed by atoms with van der Waals surface area (Å²) in [6.45, 7) is 2.65. The van der Waals surface area contributed by atoms with E-state index in [1.807, 2.05) is 6.92 Å². The fourth-order valence-corrected chi connectivity index (χ4v) is 1.94. The van der Waals surface area contributed by atoms with Gasteiger partial charge in [-0.2, -0.15) is 0 Å². The van der Waals surface area contributed by atoms with Crippen molar-refractivity contribution in [2.45, 2.75) is 51.2 Å². The highest BCUT2D eigenvalue weighted by molar-refractivity contribution is 5.71. The summed E-state index contributed by atoms with van der Waals surface area (Å²) in [6, 6.07) is 0.119. The van der Waals surface area contributed by atoms with Crippen LogP contribution in [0.5, 0.6) is 0 Å². The molecule has 1 aliphatic rings. The number of imidazole rings is 1. The average molecular weight is 237 g/mol. The topological polar surface area (TPSA) is 67.1 Å². The molecule has 1 saturated carbocycles. The lowest BCUT2D eigenvalue weighted by molar-refractivity contribution is -0.141. The fraction of sp³-hybridized carbons (Fsp3) is 0.667. The number of aliphatic carboxylic acids is 1. The minimum absolute atomic E-state index is 0.487. The molecule has 1 heterocycles. The van der Waals surface area contributed by atoms with E-state index in [1.54, 1.807) is 17.0 Å². The van der Waals surface area contributed by atoms with E-state index < -0.39 is 12.0 Å². The lowest BCUT2D eigenvalue weighted by atomic mass is 10.1. The quantitative estimate of drug-likeness (QED) is 0.755. The molecule has 2 rings (SSSR count). The number of hydrogen-bond acceptors (Lipinski definition) is 3. The predicted octanol–water partition coefficient (Wildman–Crippen LogP) is 1.56. The van der Waals surface area contributed by atoms with Crippen LogP contribution in [0.3, 0.4) is 0 Å². The molecular weight excluding hydrogens is 218 g/mol. The largest absolute Gasteiger partial charge is 0.480 e. The van der Waals surface area contributed by atoms with E-state index in [4.69, 9.17) is 0 Å². The molecule has 94 valence electrons. The maximum absolute atomic E-state index is 11.2. The third-order valence-corrected chi connectivity index (χ3v) is 3.06. The molecule has 0 amide bonds. The van der Waals surface area contributed by atoms with Crippen molar-refractivity contribution in [1.82, 2.24) is 14.9 Å². The average Bonchev–Trinajstić information content (AvgIpc) is 3.02. The lowest BCUT2D eigenvalue weighted by Gasteiger charge is -2.16. The molecule has 0 spiro atoms. The monoisotopic (exact) mass is 237 g/mol. The van der Waals surface area contributed by atoms with E-state index in [1.165, 1.54) is 12.8 Å². The van der Waals surface area contributed by atoms with Gasteiger partial charge in [-0.1, -0.05) is 13.3 Å². The molecule has 0 bridgehead atoms. The summed E-state index contributed by atoms with van der Waals surface area (Å²) in [4.78, 5) is 15.5. The summed E-state index contributed by atoms with van der Waals surface area (Å²) in [5.74, 6) is 0.0373. The molecule has 1 fully saturated rings. The normalized spacial score (nSPS) is 17.0. The van der Waals surface area contributed by atoms with Gasteiger partial charge in [0, 0.05) is 18.4 Å². The summed E-state index contributed by atoms with van der Waals surface area (Å²) in [5.41, 5.74) is 0. The van der Waals surface area contributed by atoms with Gasteiger partial charge in [0.25, 0.3) is 0 Å². The molecule has 1 aromatic heterocycles. The summed E-state index contributed by atoms with van der Waals surface area (Å²) in [7, 11) is 0. The number of hydrogen-bond donors (Lipinski definition) is 2. The van der Waals surface area contributed by atoms with Gasteiger partial charge >= 0.3 is 5.97 Å². The summed E-state index contributed by atoms with van der Waals surface area (Å²) >= 11 is 0. The number of carboxylic acid groups (broad SMARTS) is 1. The molecule has 1 atom stereocenters. The van der Waals surface area contributed by atoms with Gasteiger partial charge in [-0.15, -0.1) is 0 Å². The zero-order valence-electron chi connectivity index (χ0n) is 10.1. The Morgan fingerprint density at radius 1 is 1.71 bits per heavy atom. The first-order valence-electron chi connectivity index (χ1n) is 6.20. The first-order valence-corrected chi connectivity index (χ1v) is 6.20. The van der Waals surface area contributed by atoms with Crippen LogP contribution < -0.4 is 5.32 Å². The van der Waals surface area contributed by atoms with Crippen LogP contribution in [0.2, 0.25) is 0 Å². The third kappa shape index (κ3) is 3.06. The van der Waals surface area contributed by atoms with Crippen LogP contribution in [0, 0.1) is 0 Å². The van der Waals surface area contributed by atoms with Gasteiger partial charge in [0.1, 0.15) is 11.9 Å². The number of nitrogens with zero attached hydrogens (tertiary/aromatic N) is 2. The molecule has 5 nitrogen and oxygen atoms in total. The molecule has 2 N–H and O–H groups in total. The standard InChI is InChI=1S/C12H19N3O2/c1-2-3-10(12(16)17)15-7-6-13-11(15)8-14-9-4-5-9/h6-7,9-10,14H,2-5,8H2,1H3,(H,16,17). The first kappa shape index (κ1) is 12.1. The molecule has 0 aliphatic heterocycles. The summed E-state index contributed by atoms with van der Waals surface area (Å²) in [5, 5.41) is 12.6. The van der Waals surface area contributed by atoms with Gasteiger partial charge in [0.15, 0.2) is 0 Å². The Morgan fingerprint density at radius 2 is 2.47 bits per heavy atom. The number of carboxylic acids is 1. The molecule has 1 unspecified atom stereocenters. The van der Waals surface area contributed by atoms with Crippen LogP contribution >= 0.6 is 0 Å². The Kier molecular flexibility index (Phi) is 3.78. The van der Waals surface area contributed by atoms with Crippen molar-refractivity contribution in [1.29, 1.82) is 0 Å². The Bertz CT molecular complexity index is 385. The van der Waals surface area contributed by atoms with E-state index >= 15 is 0 Å². The minimum atomic E-state index is -0.780. The maximum Gasteiger partial charge on any atom is 0.326 e. The number of rotatable bonds is 7. The van der Waals surface area contributed by atoms with Crippen molar-refractivity contribution in [2.24, 2.45) is 0 Å². The Morgan fingerprint density at radius 3 is 3.06 bits per heavy atom. The lowest BCUT2D eigenvalue weighted by Crippen LogP contribution is -2.24. The minimum Gasteiger partial charge on any atom is -0.480 e. The Labute approximate surface area is 101 Å². The van der Waals surface area contributed by atoms with Gasteiger partial charge in [-0.25, -0.2) is 9.78 Å². The van der Waals surface area contributed by atoms with Crippen LogP contribution in [0.15, 0.2) is 12.4 Å². The van der Waals surface area contributed by atoms with Crippen molar-refractivity contribution < 1.29 is 9.90 Å². The zero-order chi connectivity index (χ0) is 12.3. The summed E-state index contributed by atoms with van der Waals surface area (Å²) < 4.78 is 1.78. The van der Waals surface area contributed by atoms with Gasteiger partial charge in [0.05, 0.1) is 6.54 Å². The highest BCUT2D eigenvalue weighted by Crippen LogP contribution is 2.20. The van der Waals surface area contributed by atoms with E-state index in [0.717, 1.165) is 12.2 Å². The molecule has 0 aromatic carbocycles. The van der Waals surface area contributed by atoms with Crippen molar-refractivity contribution in [3.8, 4) is 0 Å². The SMILES string of the molecule is CCCC(C(=O)O)n1ccnc1CNC1CC1. The van der Waals surface area contributed by atoms with E-state index in [2.05, 4.69) is 10.3 Å². The summed E-state index contributed by atoms with van der Waals surface area (Å²) in [6.07, 6.45) is 7.37. The van der Waals surface area contributed by atoms with Crippen LogP contribution in [-0.2, 0) is 11.3 Å². The first-order chi connectivity index (χ1) is 8.22. The maximum atomic E-state index is 11.2. The molecule has 1 aromatic rings. The molecule has 17 heavy (non-hydrogen) atoms. The van der Waals surface area contributed by atoms with Gasteiger partial charge in [0.2, 0.25) is 0 Å². The van der Waals surface area contributed by atoms with Crippen LogP contribution in [0.4, 0.5) is 0 Å². The van der Waals surface area contributed by atoms with Crippen molar-refractivity contribution >= 4 is 5.97 Å². The molecular formula is C12H19N3O2. The van der Waals surface area contributed by atoms with Crippen molar-refractivity contribution in [3.63, 3.8) is 0 Å². The number of nitrogens with one attached hydrogen (secondary N) is 1. The molecule has 1 aliphatic carbocycles. The zero-order valence-corrected chi connectivity index (χ0v) is 10.1. The Balaban J connectivity index is 2.05. The van der Waals surface area contributed by atoms with Crippen molar-refractivity contribution in [3.05, 3.63) is 18.2 Å². The second-order valence-corrected chi connectivity index (χ2v) is 4.55. The second-order valence-electron chi connectivity index (χ2n) is 4.55. The van der Waals surface area contributed by atoms with Crippen LogP contribution in [0.1, 0.15) is 44.5 Å². The van der Waals surface area contributed by atoms with E-state index in [9.17, 15) is 9.90 Å².